The third kappa shape index (κ3) is 1.89. The zero-order chi connectivity index (χ0) is 10.2. The number of hydrogen-bond acceptors (Lipinski definition) is 3. The lowest BCUT2D eigenvalue weighted by Gasteiger charge is -1.95. The predicted molar refractivity (Wildman–Crippen MR) is 34.6 cm³/mol. The number of alkyl halides is 3. The maximum atomic E-state index is 11.9. The Kier molecular flexibility index (Phi) is 2.16. The molecule has 0 N–H and O–H groups in total. The molecule has 0 fully saturated rings. The van der Waals surface area contributed by atoms with Crippen LogP contribution in [0.4, 0.5) is 13.2 Å². The van der Waals surface area contributed by atoms with E-state index in [9.17, 15) is 23.3 Å². The standard InChI is InChI=1S/C4HClF3N3O2/c5-2-1-10(11(12)13)9-3(2)4(6,7)8/h1H. The van der Waals surface area contributed by atoms with Crippen molar-refractivity contribution in [3.8, 4) is 0 Å². The van der Waals surface area contributed by atoms with Crippen LogP contribution < -0.4 is 0 Å². The summed E-state index contributed by atoms with van der Waals surface area (Å²) in [6, 6.07) is 0. The van der Waals surface area contributed by atoms with Gasteiger partial charge in [0.05, 0.1) is 10.1 Å². The third-order valence-electron chi connectivity index (χ3n) is 1.09. The first-order valence-corrected chi connectivity index (χ1v) is 3.17. The molecule has 0 aromatic carbocycles. The fourth-order valence-electron chi connectivity index (χ4n) is 0.617. The summed E-state index contributed by atoms with van der Waals surface area (Å²) in [6.45, 7) is 0. The van der Waals surface area contributed by atoms with E-state index in [-0.39, 0.29) is 4.79 Å². The Labute approximate surface area is 73.8 Å². The van der Waals surface area contributed by atoms with E-state index in [1.807, 2.05) is 0 Å². The molecule has 0 aliphatic heterocycles. The Bertz CT molecular complexity index is 347. The zero-order valence-corrected chi connectivity index (χ0v) is 6.50. The smallest absolute Gasteiger partial charge is 0.339 e. The zero-order valence-electron chi connectivity index (χ0n) is 5.75. The van der Waals surface area contributed by atoms with E-state index in [0.717, 1.165) is 0 Å². The SMILES string of the molecule is O=[N+]([O-])n1cc(Cl)c(C(F)(F)F)n1. The summed E-state index contributed by atoms with van der Waals surface area (Å²) in [4.78, 5) is 9.88. The topological polar surface area (TPSA) is 61.0 Å². The van der Waals surface area contributed by atoms with Gasteiger partial charge in [-0.25, -0.2) is 0 Å². The minimum absolute atomic E-state index is 0.0921. The van der Waals surface area contributed by atoms with Gasteiger partial charge >= 0.3 is 11.9 Å². The van der Waals surface area contributed by atoms with Crippen LogP contribution in [0.2, 0.25) is 5.02 Å². The van der Waals surface area contributed by atoms with Gasteiger partial charge in [0.1, 0.15) is 11.2 Å². The number of halogens is 4. The molecule has 0 amide bonds. The van der Waals surface area contributed by atoms with Crippen LogP contribution >= 0.6 is 11.6 Å². The van der Waals surface area contributed by atoms with Gasteiger partial charge in [0.2, 0.25) is 0 Å². The Hall–Kier alpha value is -1.31. The van der Waals surface area contributed by atoms with Gasteiger partial charge < -0.3 is 10.1 Å². The Morgan fingerprint density at radius 3 is 2.38 bits per heavy atom. The van der Waals surface area contributed by atoms with Gasteiger partial charge in [-0.15, -0.1) is 0 Å². The quantitative estimate of drug-likeness (QED) is 0.528. The Morgan fingerprint density at radius 1 is 1.62 bits per heavy atom. The van der Waals surface area contributed by atoms with Gasteiger partial charge in [0, 0.05) is 4.79 Å². The van der Waals surface area contributed by atoms with E-state index in [1.165, 1.54) is 0 Å². The van der Waals surface area contributed by atoms with E-state index >= 15 is 0 Å². The lowest BCUT2D eigenvalue weighted by atomic mass is 10.4. The summed E-state index contributed by atoms with van der Waals surface area (Å²) in [5.41, 5.74) is -1.47. The first-order chi connectivity index (χ1) is 5.82. The number of aromatic nitrogens is 2. The molecule has 13 heavy (non-hydrogen) atoms. The number of nitro groups is 1. The number of nitrogens with zero attached hydrogens (tertiary/aromatic N) is 3. The molecular formula is C4HClF3N3O2. The highest BCUT2D eigenvalue weighted by molar-refractivity contribution is 6.31. The fourth-order valence-corrected chi connectivity index (χ4v) is 0.850. The highest BCUT2D eigenvalue weighted by Gasteiger charge is 2.42. The molecular weight excluding hydrogens is 215 g/mol. The second kappa shape index (κ2) is 2.87. The van der Waals surface area contributed by atoms with E-state index in [0.29, 0.717) is 6.20 Å². The largest absolute Gasteiger partial charge is 0.462 e. The van der Waals surface area contributed by atoms with Crippen molar-refractivity contribution in [3.05, 3.63) is 27.0 Å². The molecule has 1 aromatic heterocycles. The molecule has 0 saturated carbocycles. The molecule has 1 rings (SSSR count). The molecule has 1 heterocycles. The van der Waals surface area contributed by atoms with Crippen LogP contribution in [0, 0.1) is 10.1 Å². The van der Waals surface area contributed by atoms with Crippen molar-refractivity contribution in [1.82, 2.24) is 9.89 Å². The van der Waals surface area contributed by atoms with Crippen LogP contribution in [0.15, 0.2) is 6.20 Å². The van der Waals surface area contributed by atoms with Gasteiger partial charge in [0.15, 0.2) is 0 Å². The predicted octanol–water partition coefficient (Wildman–Crippen LogP) is 1.60. The number of hydrogen-bond donors (Lipinski definition) is 0. The molecule has 0 spiro atoms. The summed E-state index contributed by atoms with van der Waals surface area (Å²) >= 11 is 5.07. The molecule has 0 radical (unpaired) electrons. The Morgan fingerprint density at radius 2 is 2.15 bits per heavy atom. The summed E-state index contributed by atoms with van der Waals surface area (Å²) in [7, 11) is 0. The molecule has 9 heteroatoms. The van der Waals surface area contributed by atoms with Crippen LogP contribution in [0.1, 0.15) is 5.69 Å². The molecule has 72 valence electrons. The van der Waals surface area contributed by atoms with Crippen LogP contribution in [0.25, 0.3) is 0 Å². The Balaban J connectivity index is 3.18. The molecule has 0 aliphatic carbocycles. The van der Waals surface area contributed by atoms with E-state index in [1.54, 1.807) is 0 Å². The minimum Gasteiger partial charge on any atom is -0.339 e. The van der Waals surface area contributed by atoms with Gasteiger partial charge in [-0.05, 0) is 0 Å². The fraction of sp³-hybridized carbons (Fsp3) is 0.250. The molecule has 1 aromatic rings. The summed E-state index contributed by atoms with van der Waals surface area (Å²) in [6.07, 6.45) is -4.30. The second-order valence-electron chi connectivity index (χ2n) is 1.98. The van der Waals surface area contributed by atoms with Crippen molar-refractivity contribution >= 4 is 11.6 Å². The van der Waals surface area contributed by atoms with Crippen LogP contribution in [0.3, 0.4) is 0 Å². The van der Waals surface area contributed by atoms with Crippen molar-refractivity contribution < 1.29 is 18.2 Å². The van der Waals surface area contributed by atoms with Gasteiger partial charge in [0.25, 0.3) is 0 Å². The minimum atomic E-state index is -4.78. The molecule has 0 bridgehead atoms. The summed E-state index contributed by atoms with van der Waals surface area (Å²) < 4.78 is 35.8. The van der Waals surface area contributed by atoms with Crippen molar-refractivity contribution in [2.45, 2.75) is 6.18 Å². The normalized spacial score (nSPS) is 11.7. The molecule has 0 aliphatic rings. The highest BCUT2D eigenvalue weighted by atomic mass is 35.5. The maximum Gasteiger partial charge on any atom is 0.462 e. The second-order valence-corrected chi connectivity index (χ2v) is 2.39. The van der Waals surface area contributed by atoms with Gasteiger partial charge in [-0.2, -0.15) is 13.2 Å². The van der Waals surface area contributed by atoms with E-state index < -0.39 is 21.9 Å². The number of rotatable bonds is 1. The highest BCUT2D eigenvalue weighted by Crippen LogP contribution is 2.32. The van der Waals surface area contributed by atoms with Gasteiger partial charge in [-0.3, -0.25) is 0 Å². The lowest BCUT2D eigenvalue weighted by Crippen LogP contribution is -2.12. The van der Waals surface area contributed by atoms with Crippen LogP contribution in [-0.2, 0) is 6.18 Å². The van der Waals surface area contributed by atoms with Crippen molar-refractivity contribution in [1.29, 1.82) is 0 Å². The van der Waals surface area contributed by atoms with Crippen molar-refractivity contribution in [2.24, 2.45) is 0 Å². The first-order valence-electron chi connectivity index (χ1n) is 2.79. The molecule has 0 saturated heterocycles. The first kappa shape index (κ1) is 9.78. The van der Waals surface area contributed by atoms with Crippen molar-refractivity contribution in [3.63, 3.8) is 0 Å². The van der Waals surface area contributed by atoms with Gasteiger partial charge in [-0.1, -0.05) is 11.6 Å². The van der Waals surface area contributed by atoms with Crippen molar-refractivity contribution in [2.75, 3.05) is 0 Å². The molecule has 5 nitrogen and oxygen atoms in total. The summed E-state index contributed by atoms with van der Waals surface area (Å²) in [5.74, 6) is 0. The monoisotopic (exact) mass is 215 g/mol. The van der Waals surface area contributed by atoms with E-state index in [2.05, 4.69) is 5.10 Å². The summed E-state index contributed by atoms with van der Waals surface area (Å²) in [5, 5.41) is 10.7. The lowest BCUT2D eigenvalue weighted by molar-refractivity contribution is -0.553. The average Bonchev–Trinajstić information content (AvgIpc) is 2.29. The molecule has 0 unspecified atom stereocenters. The average molecular weight is 216 g/mol. The third-order valence-corrected chi connectivity index (χ3v) is 1.37. The maximum absolute atomic E-state index is 11.9. The van der Waals surface area contributed by atoms with Crippen LogP contribution in [0.5, 0.6) is 0 Å². The van der Waals surface area contributed by atoms with Crippen LogP contribution in [-0.4, -0.2) is 14.9 Å². The van der Waals surface area contributed by atoms with E-state index in [4.69, 9.17) is 11.6 Å². The molecule has 0 atom stereocenters.